The van der Waals surface area contributed by atoms with E-state index in [4.69, 9.17) is 4.74 Å². The molecule has 0 unspecified atom stereocenters. The monoisotopic (exact) mass is 648 g/mol. The molecule has 2 aromatic heterocycles. The maximum absolute atomic E-state index is 5.76. The van der Waals surface area contributed by atoms with Crippen molar-refractivity contribution in [1.29, 1.82) is 0 Å². The van der Waals surface area contributed by atoms with E-state index in [0.717, 1.165) is 88.4 Å². The molecule has 9 nitrogen and oxygen atoms in total. The fourth-order valence-corrected chi connectivity index (χ4v) is 6.45. The molecule has 0 saturated carbocycles. The Bertz CT molecular complexity index is 1850. The molecule has 11 heteroatoms. The van der Waals surface area contributed by atoms with Gasteiger partial charge in [-0.15, -0.1) is 31.8 Å². The minimum atomic E-state index is 0.599. The van der Waals surface area contributed by atoms with Crippen LogP contribution >= 0.6 is 22.7 Å². The molecule has 5 aromatic rings. The van der Waals surface area contributed by atoms with Gasteiger partial charge in [-0.05, 0) is 117 Å². The lowest BCUT2D eigenvalue weighted by molar-refractivity contribution is 0.309. The van der Waals surface area contributed by atoms with Crippen molar-refractivity contribution < 1.29 is 4.74 Å². The molecule has 0 radical (unpaired) electrons. The van der Waals surface area contributed by atoms with Gasteiger partial charge in [0.05, 0.1) is 40.1 Å². The third-order valence-electron chi connectivity index (χ3n) is 7.55. The first-order valence-corrected chi connectivity index (χ1v) is 17.2. The molecule has 1 aliphatic rings. The maximum atomic E-state index is 5.76. The van der Waals surface area contributed by atoms with Crippen LogP contribution in [-0.2, 0) is 0 Å². The first kappa shape index (κ1) is 31.4. The third-order valence-corrected chi connectivity index (χ3v) is 9.30. The molecule has 234 valence electrons. The van der Waals surface area contributed by atoms with Crippen LogP contribution in [0.4, 0.5) is 37.9 Å². The highest BCUT2D eigenvalue weighted by atomic mass is 32.1. The van der Waals surface area contributed by atoms with Crippen LogP contribution in [0.2, 0.25) is 0 Å². The van der Waals surface area contributed by atoms with Gasteiger partial charge in [-0.2, -0.15) is 10.2 Å². The van der Waals surface area contributed by atoms with Crippen LogP contribution < -0.4 is 9.64 Å². The van der Waals surface area contributed by atoms with Crippen LogP contribution in [0.3, 0.4) is 0 Å². The largest absolute Gasteiger partial charge is 0.494 e. The summed E-state index contributed by atoms with van der Waals surface area (Å²) >= 11 is 3.14. The number of aromatic nitrogens is 1. The molecule has 1 fully saturated rings. The molecule has 0 bridgehead atoms. The molecule has 0 aliphatic carbocycles. The number of azo groups is 3. The molecule has 0 atom stereocenters. The second kappa shape index (κ2) is 15.1. The molecule has 3 heterocycles. The fraction of sp³-hybridized carbons (Fsp3) is 0.286. The van der Waals surface area contributed by atoms with Crippen molar-refractivity contribution in [2.24, 2.45) is 30.7 Å². The van der Waals surface area contributed by atoms with Crippen molar-refractivity contribution in [3.05, 3.63) is 89.3 Å². The van der Waals surface area contributed by atoms with Crippen molar-refractivity contribution in [1.82, 2.24) is 4.98 Å². The van der Waals surface area contributed by atoms with E-state index < -0.39 is 0 Å². The van der Waals surface area contributed by atoms with Gasteiger partial charge in [0, 0.05) is 24.0 Å². The fourth-order valence-electron chi connectivity index (χ4n) is 4.92. The topological polar surface area (TPSA) is 99.5 Å². The second-order valence-electron chi connectivity index (χ2n) is 11.1. The van der Waals surface area contributed by atoms with Crippen LogP contribution in [0.15, 0.2) is 109 Å². The minimum absolute atomic E-state index is 0.599. The summed E-state index contributed by atoms with van der Waals surface area (Å²) in [4.78, 5) is 7.05. The summed E-state index contributed by atoms with van der Waals surface area (Å²) in [7, 11) is 0. The Hall–Kier alpha value is -4.61. The van der Waals surface area contributed by atoms with Crippen LogP contribution in [0, 0.1) is 13.8 Å². The smallest absolute Gasteiger partial charge is 0.230 e. The highest BCUT2D eigenvalue weighted by molar-refractivity contribution is 7.19. The summed E-state index contributed by atoms with van der Waals surface area (Å²) in [6.07, 6.45) is 4.69. The molecule has 0 N–H and O–H groups in total. The number of anilines is 1. The van der Waals surface area contributed by atoms with Crippen molar-refractivity contribution in [3.63, 3.8) is 0 Å². The lowest BCUT2D eigenvalue weighted by Crippen LogP contribution is -2.15. The zero-order valence-corrected chi connectivity index (χ0v) is 27.9. The first-order chi connectivity index (χ1) is 22.5. The highest BCUT2D eigenvalue weighted by Crippen LogP contribution is 2.36. The summed E-state index contributed by atoms with van der Waals surface area (Å²) in [5.41, 5.74) is 6.88. The van der Waals surface area contributed by atoms with Crippen LogP contribution in [0.25, 0.3) is 11.3 Å². The summed E-state index contributed by atoms with van der Waals surface area (Å²) in [6.45, 7) is 9.13. The lowest BCUT2D eigenvalue weighted by atomic mass is 10.2. The van der Waals surface area contributed by atoms with Gasteiger partial charge in [-0.3, -0.25) is 0 Å². The van der Waals surface area contributed by atoms with E-state index in [1.54, 1.807) is 11.3 Å². The number of unbranched alkanes of at least 4 members (excludes halogenated alkanes) is 1. The minimum Gasteiger partial charge on any atom is -0.494 e. The number of aryl methyl sites for hydroxylation is 2. The van der Waals surface area contributed by atoms with E-state index in [1.807, 2.05) is 86.0 Å². The quantitative estimate of drug-likeness (QED) is 0.0993. The molecule has 0 amide bonds. The van der Waals surface area contributed by atoms with Gasteiger partial charge >= 0.3 is 0 Å². The maximum Gasteiger partial charge on any atom is 0.230 e. The van der Waals surface area contributed by atoms with E-state index in [1.165, 1.54) is 29.2 Å². The standard InChI is InChI=1S/C35H36N8OS2/c1-4-5-20-44-29-12-8-26(9-13-29)32-23-45-35(36-32)42-40-31-15-10-27(21-25(31)3)37-39-30-14-11-28(22-24(30)2)38-41-33-16-17-34(46-33)43-18-6-7-19-43/h8-17,21-23H,4-7,18-20H2,1-3H3/b39-37+,41-38+,42-40+. The van der Waals surface area contributed by atoms with Gasteiger partial charge in [-0.25, -0.2) is 4.98 Å². The van der Waals surface area contributed by atoms with Gasteiger partial charge < -0.3 is 9.64 Å². The number of thiazole rings is 1. The zero-order valence-electron chi connectivity index (χ0n) is 26.3. The number of benzene rings is 3. The SMILES string of the molecule is CCCCOc1ccc(-c2csc(/N=N/c3ccc(/N=N/c4ccc(/N=N/c5ccc(N6CCCC6)s5)cc4C)cc3C)n2)cc1. The van der Waals surface area contributed by atoms with Crippen molar-refractivity contribution >= 4 is 60.6 Å². The Kier molecular flexibility index (Phi) is 10.3. The summed E-state index contributed by atoms with van der Waals surface area (Å²) < 4.78 is 5.76. The number of nitrogens with zero attached hydrogens (tertiary/aromatic N) is 8. The van der Waals surface area contributed by atoms with Gasteiger partial charge in [0.1, 0.15) is 10.8 Å². The van der Waals surface area contributed by atoms with Gasteiger partial charge in [0.2, 0.25) is 5.13 Å². The van der Waals surface area contributed by atoms with E-state index >= 15 is 0 Å². The number of thiophene rings is 1. The van der Waals surface area contributed by atoms with Crippen molar-refractivity contribution in [2.75, 3.05) is 24.6 Å². The van der Waals surface area contributed by atoms with Gasteiger partial charge in [0.25, 0.3) is 0 Å². The molecule has 1 saturated heterocycles. The van der Waals surface area contributed by atoms with Crippen molar-refractivity contribution in [3.8, 4) is 17.0 Å². The Balaban J connectivity index is 1.05. The molecule has 46 heavy (non-hydrogen) atoms. The summed E-state index contributed by atoms with van der Waals surface area (Å²) in [5, 5.41) is 31.4. The number of rotatable bonds is 12. The average molecular weight is 649 g/mol. The van der Waals surface area contributed by atoms with Crippen molar-refractivity contribution in [2.45, 2.75) is 46.5 Å². The Morgan fingerprint density at radius 1 is 0.761 bits per heavy atom. The predicted octanol–water partition coefficient (Wildman–Crippen LogP) is 12.5. The highest BCUT2D eigenvalue weighted by Gasteiger charge is 2.14. The Morgan fingerprint density at radius 3 is 2.11 bits per heavy atom. The molecule has 1 aliphatic heterocycles. The second-order valence-corrected chi connectivity index (χ2v) is 13.0. The molecule has 6 rings (SSSR count). The van der Waals surface area contributed by atoms with Crippen LogP contribution in [0.1, 0.15) is 43.7 Å². The normalized spacial score (nSPS) is 13.6. The lowest BCUT2D eigenvalue weighted by Gasteiger charge is -2.13. The molecule has 0 spiro atoms. The predicted molar refractivity (Wildman–Crippen MR) is 189 cm³/mol. The number of ether oxygens (including phenoxy) is 1. The van der Waals surface area contributed by atoms with E-state index in [2.05, 4.69) is 53.6 Å². The first-order valence-electron chi connectivity index (χ1n) is 15.5. The average Bonchev–Trinajstić information content (AvgIpc) is 3.86. The summed E-state index contributed by atoms with van der Waals surface area (Å²) in [5.74, 6) is 0.873. The van der Waals surface area contributed by atoms with E-state index in [0.29, 0.717) is 5.13 Å². The zero-order chi connectivity index (χ0) is 31.7. The summed E-state index contributed by atoms with van der Waals surface area (Å²) in [6, 6.07) is 23.7. The third kappa shape index (κ3) is 8.15. The number of hydrogen-bond acceptors (Lipinski definition) is 11. The molecular weight excluding hydrogens is 613 g/mol. The van der Waals surface area contributed by atoms with Gasteiger partial charge in [0.15, 0.2) is 0 Å². The molecule has 3 aromatic carbocycles. The van der Waals surface area contributed by atoms with E-state index in [-0.39, 0.29) is 0 Å². The Labute approximate surface area is 277 Å². The Morgan fingerprint density at radius 2 is 1.43 bits per heavy atom. The van der Waals surface area contributed by atoms with Crippen LogP contribution in [-0.4, -0.2) is 24.7 Å². The van der Waals surface area contributed by atoms with Gasteiger partial charge in [-0.1, -0.05) is 24.7 Å². The number of hydrogen-bond donors (Lipinski definition) is 0. The molecular formula is C35H36N8OS2. The van der Waals surface area contributed by atoms with Crippen LogP contribution in [0.5, 0.6) is 5.75 Å². The van der Waals surface area contributed by atoms with E-state index in [9.17, 15) is 0 Å².